The van der Waals surface area contributed by atoms with Crippen LogP contribution in [0.2, 0.25) is 5.02 Å². The molecule has 0 radical (unpaired) electrons. The monoisotopic (exact) mass is 450 g/mol. The third kappa shape index (κ3) is 5.22. The molecule has 0 bridgehead atoms. The van der Waals surface area contributed by atoms with Gasteiger partial charge in [0.15, 0.2) is 0 Å². The van der Waals surface area contributed by atoms with Crippen LogP contribution in [0.25, 0.3) is 0 Å². The summed E-state index contributed by atoms with van der Waals surface area (Å²) in [6.45, 7) is 2.00. The van der Waals surface area contributed by atoms with Gasteiger partial charge in [-0.3, -0.25) is 4.90 Å². The SMILES string of the molecule is O=S(=O)(NC1CCCC1N1CCC(Cc2ccc(Cl)cc2)CC1)c1ccc(F)cc1. The Balaban J connectivity index is 1.34. The van der Waals surface area contributed by atoms with Gasteiger partial charge in [0, 0.05) is 17.1 Å². The molecule has 2 aromatic carbocycles. The molecule has 1 N–H and O–H groups in total. The highest BCUT2D eigenvalue weighted by atomic mass is 35.5. The molecule has 30 heavy (non-hydrogen) atoms. The molecule has 1 aliphatic heterocycles. The van der Waals surface area contributed by atoms with E-state index in [0.717, 1.165) is 56.6 Å². The van der Waals surface area contributed by atoms with Crippen molar-refractivity contribution in [2.45, 2.75) is 55.5 Å². The van der Waals surface area contributed by atoms with Gasteiger partial charge in [-0.15, -0.1) is 0 Å². The summed E-state index contributed by atoms with van der Waals surface area (Å²) in [6, 6.07) is 13.3. The van der Waals surface area contributed by atoms with Crippen LogP contribution in [0.5, 0.6) is 0 Å². The van der Waals surface area contributed by atoms with Gasteiger partial charge >= 0.3 is 0 Å². The van der Waals surface area contributed by atoms with Gasteiger partial charge in [0.25, 0.3) is 0 Å². The van der Waals surface area contributed by atoms with Crippen molar-refractivity contribution < 1.29 is 12.8 Å². The van der Waals surface area contributed by atoms with E-state index in [9.17, 15) is 12.8 Å². The summed E-state index contributed by atoms with van der Waals surface area (Å²) in [5.41, 5.74) is 1.32. The fraction of sp³-hybridized carbons (Fsp3) is 0.478. The zero-order valence-corrected chi connectivity index (χ0v) is 18.5. The van der Waals surface area contributed by atoms with E-state index in [-0.39, 0.29) is 17.0 Å². The number of likely N-dealkylation sites (tertiary alicyclic amines) is 1. The number of hydrogen-bond donors (Lipinski definition) is 1. The summed E-state index contributed by atoms with van der Waals surface area (Å²) in [5.74, 6) is 0.215. The highest BCUT2D eigenvalue weighted by Crippen LogP contribution is 2.30. The van der Waals surface area contributed by atoms with Crippen LogP contribution < -0.4 is 4.72 Å². The molecule has 2 unspecified atom stereocenters. The molecule has 1 aliphatic carbocycles. The van der Waals surface area contributed by atoms with Crippen molar-refractivity contribution in [3.63, 3.8) is 0 Å². The molecule has 0 spiro atoms. The Labute approximate surface area is 183 Å². The predicted octanol–water partition coefficient (Wildman–Crippen LogP) is 4.63. The average molecular weight is 451 g/mol. The number of rotatable bonds is 6. The average Bonchev–Trinajstić information content (AvgIpc) is 3.18. The maximum atomic E-state index is 13.1. The largest absolute Gasteiger partial charge is 0.299 e. The van der Waals surface area contributed by atoms with Crippen molar-refractivity contribution in [3.8, 4) is 0 Å². The summed E-state index contributed by atoms with van der Waals surface area (Å²) in [6.07, 6.45) is 6.18. The van der Waals surface area contributed by atoms with Crippen LogP contribution in [-0.4, -0.2) is 38.5 Å². The first-order valence-corrected chi connectivity index (χ1v) is 12.5. The van der Waals surface area contributed by atoms with Crippen LogP contribution in [-0.2, 0) is 16.4 Å². The zero-order valence-electron chi connectivity index (χ0n) is 16.9. The van der Waals surface area contributed by atoms with Gasteiger partial charge in [0.05, 0.1) is 4.90 Å². The maximum Gasteiger partial charge on any atom is 0.240 e. The minimum atomic E-state index is -3.64. The van der Waals surface area contributed by atoms with Gasteiger partial charge in [-0.25, -0.2) is 17.5 Å². The predicted molar refractivity (Wildman–Crippen MR) is 118 cm³/mol. The molecule has 2 aliphatic rings. The van der Waals surface area contributed by atoms with Gasteiger partial charge < -0.3 is 0 Å². The van der Waals surface area contributed by atoms with E-state index in [0.29, 0.717) is 5.92 Å². The highest BCUT2D eigenvalue weighted by molar-refractivity contribution is 7.89. The summed E-state index contributed by atoms with van der Waals surface area (Å²) >= 11 is 5.98. The third-order valence-electron chi connectivity index (χ3n) is 6.47. The van der Waals surface area contributed by atoms with Gasteiger partial charge in [-0.2, -0.15) is 0 Å². The molecular formula is C23H28ClFN2O2S. The lowest BCUT2D eigenvalue weighted by Gasteiger charge is -2.38. The van der Waals surface area contributed by atoms with Crippen LogP contribution >= 0.6 is 11.6 Å². The fourth-order valence-electron chi connectivity index (χ4n) is 4.84. The van der Waals surface area contributed by atoms with Gasteiger partial charge in [0.2, 0.25) is 10.0 Å². The second-order valence-corrected chi connectivity index (χ2v) is 10.6. The molecule has 1 saturated carbocycles. The van der Waals surface area contributed by atoms with E-state index in [2.05, 4.69) is 21.8 Å². The van der Waals surface area contributed by atoms with E-state index >= 15 is 0 Å². The number of halogens is 2. The Kier molecular flexibility index (Phi) is 6.78. The number of sulfonamides is 1. The molecule has 4 nitrogen and oxygen atoms in total. The first kappa shape index (κ1) is 21.8. The lowest BCUT2D eigenvalue weighted by Crippen LogP contribution is -2.51. The molecule has 162 valence electrons. The molecule has 0 amide bonds. The van der Waals surface area contributed by atoms with E-state index in [1.807, 2.05) is 12.1 Å². The number of nitrogens with zero attached hydrogens (tertiary/aromatic N) is 1. The third-order valence-corrected chi connectivity index (χ3v) is 8.22. The quantitative estimate of drug-likeness (QED) is 0.697. The van der Waals surface area contributed by atoms with Gasteiger partial charge in [-0.05, 0) is 93.1 Å². The number of piperidine rings is 1. The minimum absolute atomic E-state index is 0.0899. The molecule has 4 rings (SSSR count). The van der Waals surface area contributed by atoms with Gasteiger partial charge in [-0.1, -0.05) is 30.2 Å². The topological polar surface area (TPSA) is 49.4 Å². The van der Waals surface area contributed by atoms with Crippen LogP contribution in [0, 0.1) is 11.7 Å². The molecule has 2 atom stereocenters. The van der Waals surface area contributed by atoms with E-state index in [1.54, 1.807) is 0 Å². The Morgan fingerprint density at radius 1 is 0.967 bits per heavy atom. The van der Waals surface area contributed by atoms with E-state index in [1.165, 1.54) is 29.8 Å². The normalized spacial score (nSPS) is 23.7. The summed E-state index contributed by atoms with van der Waals surface area (Å²) in [7, 11) is -3.64. The Hall–Kier alpha value is -1.47. The molecule has 1 saturated heterocycles. The standard InChI is InChI=1S/C23H28ClFN2O2S/c24-19-6-4-17(5-7-19)16-18-12-14-27(15-13-18)23-3-1-2-22(23)26-30(28,29)21-10-8-20(25)9-11-21/h4-11,18,22-23,26H,1-3,12-16H2. The second kappa shape index (κ2) is 9.35. The zero-order chi connectivity index (χ0) is 21.1. The lowest BCUT2D eigenvalue weighted by molar-refractivity contribution is 0.122. The molecule has 7 heteroatoms. The summed E-state index contributed by atoms with van der Waals surface area (Å²) in [5, 5.41) is 0.768. The summed E-state index contributed by atoms with van der Waals surface area (Å²) in [4.78, 5) is 2.58. The summed E-state index contributed by atoms with van der Waals surface area (Å²) < 4.78 is 41.5. The van der Waals surface area contributed by atoms with Crippen LogP contribution in [0.3, 0.4) is 0 Å². The van der Waals surface area contributed by atoms with Crippen molar-refractivity contribution >= 4 is 21.6 Å². The van der Waals surface area contributed by atoms with Crippen LogP contribution in [0.4, 0.5) is 4.39 Å². The Morgan fingerprint density at radius 3 is 2.30 bits per heavy atom. The number of nitrogens with one attached hydrogen (secondary N) is 1. The Bertz CT molecular complexity index is 942. The molecular weight excluding hydrogens is 423 g/mol. The Morgan fingerprint density at radius 2 is 1.63 bits per heavy atom. The number of benzene rings is 2. The van der Waals surface area contributed by atoms with E-state index < -0.39 is 15.8 Å². The maximum absolute atomic E-state index is 13.1. The van der Waals surface area contributed by atoms with E-state index in [4.69, 9.17) is 11.6 Å². The number of hydrogen-bond acceptors (Lipinski definition) is 3. The van der Waals surface area contributed by atoms with Gasteiger partial charge in [0.1, 0.15) is 5.82 Å². The first-order valence-electron chi connectivity index (χ1n) is 10.7. The highest BCUT2D eigenvalue weighted by Gasteiger charge is 2.36. The molecule has 2 aromatic rings. The smallest absolute Gasteiger partial charge is 0.240 e. The lowest BCUT2D eigenvalue weighted by atomic mass is 9.89. The molecule has 0 aromatic heterocycles. The van der Waals surface area contributed by atoms with Crippen molar-refractivity contribution in [2.24, 2.45) is 5.92 Å². The van der Waals surface area contributed by atoms with Crippen molar-refractivity contribution in [2.75, 3.05) is 13.1 Å². The minimum Gasteiger partial charge on any atom is -0.299 e. The fourth-order valence-corrected chi connectivity index (χ4v) is 6.27. The van der Waals surface area contributed by atoms with Crippen molar-refractivity contribution in [1.29, 1.82) is 0 Å². The van der Waals surface area contributed by atoms with Crippen molar-refractivity contribution in [3.05, 3.63) is 64.9 Å². The second-order valence-electron chi connectivity index (χ2n) is 8.49. The molecule has 1 heterocycles. The van der Waals surface area contributed by atoms with Crippen molar-refractivity contribution in [1.82, 2.24) is 9.62 Å². The van der Waals surface area contributed by atoms with Crippen LogP contribution in [0.1, 0.15) is 37.7 Å². The van der Waals surface area contributed by atoms with Crippen LogP contribution in [0.15, 0.2) is 53.4 Å². The first-order chi connectivity index (χ1) is 14.4. The molecule has 2 fully saturated rings.